The normalized spacial score (nSPS) is 10.7. The lowest BCUT2D eigenvalue weighted by Crippen LogP contribution is -2.13. The van der Waals surface area contributed by atoms with Crippen LogP contribution >= 0.6 is 23.2 Å². The van der Waals surface area contributed by atoms with Crippen LogP contribution in [0.1, 0.15) is 10.4 Å². The average molecular weight is 307 g/mol. The van der Waals surface area contributed by atoms with Crippen molar-refractivity contribution < 1.29 is 4.79 Å². The van der Waals surface area contributed by atoms with Crippen molar-refractivity contribution in [2.45, 2.75) is 0 Å². The Kier molecular flexibility index (Phi) is 3.30. The van der Waals surface area contributed by atoms with Gasteiger partial charge >= 0.3 is 0 Å². The van der Waals surface area contributed by atoms with Crippen molar-refractivity contribution >= 4 is 45.7 Å². The van der Waals surface area contributed by atoms with Crippen molar-refractivity contribution in [3.63, 3.8) is 0 Å². The Morgan fingerprint density at radius 3 is 2.90 bits per heavy atom. The van der Waals surface area contributed by atoms with Gasteiger partial charge in [0.15, 0.2) is 0 Å². The number of H-pyrrole nitrogens is 1. The van der Waals surface area contributed by atoms with Crippen LogP contribution in [-0.4, -0.2) is 21.1 Å². The molecule has 2 N–H and O–H groups in total. The van der Waals surface area contributed by atoms with Crippen LogP contribution in [0, 0.1) is 0 Å². The molecule has 1 amide bonds. The minimum atomic E-state index is -0.368. The standard InChI is InChI=1S/C13H8Cl2N4O/c14-11-8-6-17-19-9(8)3-4-10(11)18-13(20)7-2-1-5-16-12(7)15/h1-6H,(H,17,19)(H,18,20). The number of aromatic nitrogens is 3. The van der Waals surface area contributed by atoms with E-state index in [9.17, 15) is 4.79 Å². The van der Waals surface area contributed by atoms with E-state index >= 15 is 0 Å². The summed E-state index contributed by atoms with van der Waals surface area (Å²) >= 11 is 12.1. The first-order valence-electron chi connectivity index (χ1n) is 5.70. The number of pyridine rings is 1. The minimum absolute atomic E-state index is 0.144. The van der Waals surface area contributed by atoms with Crippen molar-refractivity contribution in [2.75, 3.05) is 5.32 Å². The lowest BCUT2D eigenvalue weighted by molar-refractivity contribution is 0.102. The molecule has 0 unspecified atom stereocenters. The first-order chi connectivity index (χ1) is 9.66. The Bertz CT molecular complexity index is 800. The zero-order valence-electron chi connectivity index (χ0n) is 10.0. The molecular weight excluding hydrogens is 299 g/mol. The Balaban J connectivity index is 1.95. The maximum Gasteiger partial charge on any atom is 0.258 e. The first kappa shape index (κ1) is 12.9. The molecule has 0 saturated heterocycles. The summed E-state index contributed by atoms with van der Waals surface area (Å²) in [6.07, 6.45) is 3.12. The molecule has 20 heavy (non-hydrogen) atoms. The van der Waals surface area contributed by atoms with E-state index in [1.807, 2.05) is 0 Å². The summed E-state index contributed by atoms with van der Waals surface area (Å²) in [6.45, 7) is 0. The molecule has 5 nitrogen and oxygen atoms in total. The summed E-state index contributed by atoms with van der Waals surface area (Å²) in [7, 11) is 0. The average Bonchev–Trinajstić information content (AvgIpc) is 2.91. The third-order valence-electron chi connectivity index (χ3n) is 2.81. The molecule has 2 heterocycles. The molecule has 0 spiro atoms. The lowest BCUT2D eigenvalue weighted by atomic mass is 10.2. The zero-order chi connectivity index (χ0) is 14.1. The molecule has 0 aliphatic carbocycles. The molecule has 0 aliphatic rings. The fourth-order valence-electron chi connectivity index (χ4n) is 1.82. The van der Waals surface area contributed by atoms with Crippen LogP contribution < -0.4 is 5.32 Å². The van der Waals surface area contributed by atoms with Crippen molar-refractivity contribution in [2.24, 2.45) is 0 Å². The van der Waals surface area contributed by atoms with E-state index in [0.717, 1.165) is 10.9 Å². The summed E-state index contributed by atoms with van der Waals surface area (Å²) < 4.78 is 0. The molecule has 0 atom stereocenters. The third-order valence-corrected chi connectivity index (χ3v) is 3.52. The number of nitrogens with one attached hydrogen (secondary N) is 2. The fourth-order valence-corrected chi connectivity index (χ4v) is 2.29. The van der Waals surface area contributed by atoms with E-state index in [-0.39, 0.29) is 16.6 Å². The number of halogens is 2. The smallest absolute Gasteiger partial charge is 0.258 e. The Hall–Kier alpha value is -2.11. The number of anilines is 1. The number of nitrogens with zero attached hydrogens (tertiary/aromatic N) is 2. The number of hydrogen-bond acceptors (Lipinski definition) is 3. The molecule has 0 saturated carbocycles. The first-order valence-corrected chi connectivity index (χ1v) is 6.46. The van der Waals surface area contributed by atoms with Crippen LogP contribution in [-0.2, 0) is 0 Å². The molecule has 3 aromatic rings. The Labute approximate surface area is 123 Å². The van der Waals surface area contributed by atoms with Crippen molar-refractivity contribution in [3.8, 4) is 0 Å². The molecule has 3 rings (SSSR count). The van der Waals surface area contributed by atoms with Gasteiger partial charge in [-0.05, 0) is 24.3 Å². The van der Waals surface area contributed by atoms with Crippen molar-refractivity contribution in [3.05, 3.63) is 52.4 Å². The second-order valence-electron chi connectivity index (χ2n) is 4.05. The van der Waals surface area contributed by atoms with E-state index < -0.39 is 0 Å². The summed E-state index contributed by atoms with van der Waals surface area (Å²) in [5, 5.41) is 10.7. The van der Waals surface area contributed by atoms with Crippen molar-refractivity contribution in [1.82, 2.24) is 15.2 Å². The van der Waals surface area contributed by atoms with Gasteiger partial charge in [-0.25, -0.2) is 4.98 Å². The largest absolute Gasteiger partial charge is 0.321 e. The van der Waals surface area contributed by atoms with Crippen LogP contribution in [0.3, 0.4) is 0 Å². The van der Waals surface area contributed by atoms with Gasteiger partial charge in [-0.1, -0.05) is 23.2 Å². The van der Waals surface area contributed by atoms with E-state index in [0.29, 0.717) is 10.7 Å². The topological polar surface area (TPSA) is 70.7 Å². The van der Waals surface area contributed by atoms with Gasteiger partial charge in [0.2, 0.25) is 0 Å². The highest BCUT2D eigenvalue weighted by Crippen LogP contribution is 2.30. The van der Waals surface area contributed by atoms with Gasteiger partial charge in [0, 0.05) is 11.6 Å². The number of amides is 1. The predicted molar refractivity (Wildman–Crippen MR) is 78.3 cm³/mol. The Morgan fingerprint density at radius 2 is 2.10 bits per heavy atom. The molecule has 0 fully saturated rings. The lowest BCUT2D eigenvalue weighted by Gasteiger charge is -2.08. The monoisotopic (exact) mass is 306 g/mol. The number of rotatable bonds is 2. The van der Waals surface area contributed by atoms with Crippen LogP contribution in [0.25, 0.3) is 10.9 Å². The predicted octanol–water partition coefficient (Wildman–Crippen LogP) is 3.52. The number of carbonyl (C=O) groups is 1. The van der Waals surface area contributed by atoms with Gasteiger partial charge in [-0.15, -0.1) is 0 Å². The maximum absolute atomic E-state index is 12.1. The van der Waals surface area contributed by atoms with E-state index in [1.165, 1.54) is 6.20 Å². The number of benzene rings is 1. The highest BCUT2D eigenvalue weighted by molar-refractivity contribution is 6.39. The summed E-state index contributed by atoms with van der Waals surface area (Å²) in [5.74, 6) is -0.368. The second kappa shape index (κ2) is 5.11. The molecule has 1 aromatic carbocycles. The molecule has 0 radical (unpaired) electrons. The second-order valence-corrected chi connectivity index (χ2v) is 4.79. The molecule has 100 valence electrons. The van der Waals surface area contributed by atoms with Gasteiger partial charge in [0.1, 0.15) is 5.15 Å². The minimum Gasteiger partial charge on any atom is -0.321 e. The molecule has 2 aromatic heterocycles. The number of fused-ring (bicyclic) bond motifs is 1. The van der Waals surface area contributed by atoms with Crippen LogP contribution in [0.5, 0.6) is 0 Å². The van der Waals surface area contributed by atoms with Crippen LogP contribution in [0.4, 0.5) is 5.69 Å². The number of hydrogen-bond donors (Lipinski definition) is 2. The van der Waals surface area contributed by atoms with Gasteiger partial charge in [-0.3, -0.25) is 9.89 Å². The summed E-state index contributed by atoms with van der Waals surface area (Å²) in [5.41, 5.74) is 1.58. The summed E-state index contributed by atoms with van der Waals surface area (Å²) in [4.78, 5) is 16.0. The number of aromatic amines is 1. The Morgan fingerprint density at radius 1 is 1.25 bits per heavy atom. The molecular formula is C13H8Cl2N4O. The number of carbonyl (C=O) groups excluding carboxylic acids is 1. The quantitative estimate of drug-likeness (QED) is 0.712. The van der Waals surface area contributed by atoms with Gasteiger partial charge in [0.05, 0.1) is 28.0 Å². The molecule has 0 aliphatic heterocycles. The van der Waals surface area contributed by atoms with Gasteiger partial charge < -0.3 is 5.32 Å². The van der Waals surface area contributed by atoms with E-state index in [2.05, 4.69) is 20.5 Å². The van der Waals surface area contributed by atoms with Crippen LogP contribution in [0.15, 0.2) is 36.7 Å². The highest BCUT2D eigenvalue weighted by Gasteiger charge is 2.14. The van der Waals surface area contributed by atoms with Gasteiger partial charge in [0.25, 0.3) is 5.91 Å². The van der Waals surface area contributed by atoms with E-state index in [4.69, 9.17) is 23.2 Å². The molecule has 0 bridgehead atoms. The third kappa shape index (κ3) is 2.21. The van der Waals surface area contributed by atoms with Crippen LogP contribution in [0.2, 0.25) is 10.2 Å². The highest BCUT2D eigenvalue weighted by atomic mass is 35.5. The SMILES string of the molecule is O=C(Nc1ccc2[nH]ncc2c1Cl)c1cccnc1Cl. The summed E-state index contributed by atoms with van der Waals surface area (Å²) in [6, 6.07) is 6.72. The van der Waals surface area contributed by atoms with E-state index in [1.54, 1.807) is 30.5 Å². The molecule has 7 heteroatoms. The van der Waals surface area contributed by atoms with Crippen molar-refractivity contribution in [1.29, 1.82) is 0 Å². The zero-order valence-corrected chi connectivity index (χ0v) is 11.5. The van der Waals surface area contributed by atoms with Gasteiger partial charge in [-0.2, -0.15) is 5.10 Å². The fraction of sp³-hybridized carbons (Fsp3) is 0. The maximum atomic E-state index is 12.1.